The third-order valence-electron chi connectivity index (χ3n) is 3.82. The Morgan fingerprint density at radius 3 is 2.71 bits per heavy atom. The van der Waals surface area contributed by atoms with Crippen molar-refractivity contribution in [2.75, 3.05) is 51.0 Å². The van der Waals surface area contributed by atoms with Gasteiger partial charge in [0.05, 0.1) is 23.4 Å². The second-order valence-corrected chi connectivity index (χ2v) is 5.77. The van der Waals surface area contributed by atoms with Gasteiger partial charge in [0.1, 0.15) is 0 Å². The number of hydrogen-bond donors (Lipinski definition) is 1. The number of carbonyl (C=O) groups is 1. The van der Waals surface area contributed by atoms with E-state index in [1.165, 1.54) is 20.0 Å². The first kappa shape index (κ1) is 15.9. The first-order valence-electron chi connectivity index (χ1n) is 7.13. The van der Waals surface area contributed by atoms with Crippen molar-refractivity contribution in [2.24, 2.45) is 0 Å². The molecular weight excluding hydrogens is 290 g/mol. The maximum atomic E-state index is 11.9. The maximum absolute atomic E-state index is 11.9. The van der Waals surface area contributed by atoms with Crippen LogP contribution in [0.4, 0.5) is 11.4 Å². The van der Waals surface area contributed by atoms with Crippen LogP contribution in [0.2, 0.25) is 5.02 Å². The predicted molar refractivity (Wildman–Crippen MR) is 86.1 cm³/mol. The van der Waals surface area contributed by atoms with Crippen molar-refractivity contribution in [1.29, 1.82) is 0 Å². The van der Waals surface area contributed by atoms with E-state index in [4.69, 9.17) is 22.1 Å². The minimum absolute atomic E-state index is 0.409. The first-order chi connectivity index (χ1) is 10.0. The Morgan fingerprint density at radius 1 is 1.43 bits per heavy atom. The van der Waals surface area contributed by atoms with Crippen LogP contribution in [-0.4, -0.2) is 51.2 Å². The number of nitrogen functional groups attached to an aromatic ring is 1. The molecule has 1 aromatic carbocycles. The molecule has 0 radical (unpaired) electrons. The Bertz CT molecular complexity index is 516. The number of likely N-dealkylation sites (N-methyl/N-ethyl adjacent to an activating group) is 1. The fourth-order valence-electron chi connectivity index (χ4n) is 2.68. The Labute approximate surface area is 130 Å². The van der Waals surface area contributed by atoms with E-state index in [1.54, 1.807) is 12.1 Å². The van der Waals surface area contributed by atoms with Gasteiger partial charge in [-0.3, -0.25) is 0 Å². The summed E-state index contributed by atoms with van der Waals surface area (Å²) in [6.07, 6.45) is 2.53. The SMILES string of the molecule is COC(=O)c1cc(N)cc(Cl)c1N(C)CCN1CCCC1. The molecule has 0 bridgehead atoms. The molecule has 0 spiro atoms. The zero-order valence-electron chi connectivity index (χ0n) is 12.6. The van der Waals surface area contributed by atoms with Gasteiger partial charge in [-0.2, -0.15) is 0 Å². The molecule has 1 saturated heterocycles. The molecule has 0 atom stereocenters. The highest BCUT2D eigenvalue weighted by atomic mass is 35.5. The van der Waals surface area contributed by atoms with Gasteiger partial charge in [-0.25, -0.2) is 4.79 Å². The number of esters is 1. The maximum Gasteiger partial charge on any atom is 0.340 e. The number of anilines is 2. The van der Waals surface area contributed by atoms with Crippen molar-refractivity contribution < 1.29 is 9.53 Å². The van der Waals surface area contributed by atoms with Gasteiger partial charge in [-0.15, -0.1) is 0 Å². The minimum atomic E-state index is -0.424. The summed E-state index contributed by atoms with van der Waals surface area (Å²) >= 11 is 6.28. The molecule has 2 N–H and O–H groups in total. The fraction of sp³-hybridized carbons (Fsp3) is 0.533. The Morgan fingerprint density at radius 2 is 2.10 bits per heavy atom. The molecule has 0 aliphatic carbocycles. The number of nitrogens with two attached hydrogens (primary N) is 1. The predicted octanol–water partition coefficient (Wildman–Crippen LogP) is 2.24. The van der Waals surface area contributed by atoms with Gasteiger partial charge in [-0.05, 0) is 38.1 Å². The highest BCUT2D eigenvalue weighted by Crippen LogP contribution is 2.32. The minimum Gasteiger partial charge on any atom is -0.465 e. The van der Waals surface area contributed by atoms with Crippen LogP contribution in [0.3, 0.4) is 0 Å². The lowest BCUT2D eigenvalue weighted by Gasteiger charge is -2.25. The normalized spacial score (nSPS) is 15.2. The van der Waals surface area contributed by atoms with E-state index in [0.717, 1.165) is 26.2 Å². The fourth-order valence-corrected chi connectivity index (χ4v) is 3.06. The van der Waals surface area contributed by atoms with Crippen LogP contribution in [-0.2, 0) is 4.74 Å². The van der Waals surface area contributed by atoms with Crippen LogP contribution < -0.4 is 10.6 Å². The number of rotatable bonds is 5. The second kappa shape index (κ2) is 7.00. The van der Waals surface area contributed by atoms with E-state index >= 15 is 0 Å². The zero-order valence-corrected chi connectivity index (χ0v) is 13.3. The topological polar surface area (TPSA) is 58.8 Å². The van der Waals surface area contributed by atoms with Gasteiger partial charge < -0.3 is 20.3 Å². The molecule has 1 aromatic rings. The van der Waals surface area contributed by atoms with Crippen LogP contribution in [0.15, 0.2) is 12.1 Å². The van der Waals surface area contributed by atoms with Crippen molar-refractivity contribution in [2.45, 2.75) is 12.8 Å². The van der Waals surface area contributed by atoms with Gasteiger partial charge in [0, 0.05) is 25.8 Å². The lowest BCUT2D eigenvalue weighted by molar-refractivity contribution is 0.0601. The van der Waals surface area contributed by atoms with E-state index in [2.05, 4.69) is 4.90 Å². The van der Waals surface area contributed by atoms with Gasteiger partial charge in [0.15, 0.2) is 0 Å². The summed E-state index contributed by atoms with van der Waals surface area (Å²) in [4.78, 5) is 16.3. The smallest absolute Gasteiger partial charge is 0.340 e. The molecule has 21 heavy (non-hydrogen) atoms. The van der Waals surface area contributed by atoms with Crippen molar-refractivity contribution >= 4 is 28.9 Å². The molecular formula is C15H22ClN3O2. The molecule has 116 valence electrons. The second-order valence-electron chi connectivity index (χ2n) is 5.36. The number of hydrogen-bond acceptors (Lipinski definition) is 5. The lowest BCUT2D eigenvalue weighted by Crippen LogP contribution is -2.32. The summed E-state index contributed by atoms with van der Waals surface area (Å²) < 4.78 is 4.82. The number of likely N-dealkylation sites (tertiary alicyclic amines) is 1. The number of benzene rings is 1. The van der Waals surface area contributed by atoms with E-state index < -0.39 is 5.97 Å². The molecule has 5 nitrogen and oxygen atoms in total. The molecule has 0 saturated carbocycles. The zero-order chi connectivity index (χ0) is 15.4. The summed E-state index contributed by atoms with van der Waals surface area (Å²) in [6, 6.07) is 3.27. The van der Waals surface area contributed by atoms with Gasteiger partial charge in [0.2, 0.25) is 0 Å². The number of methoxy groups -OCH3 is 1. The van der Waals surface area contributed by atoms with Gasteiger partial charge in [-0.1, -0.05) is 11.6 Å². The summed E-state index contributed by atoms with van der Waals surface area (Å²) in [5.74, 6) is -0.424. The average molecular weight is 312 g/mol. The third kappa shape index (κ3) is 3.80. The highest BCUT2D eigenvalue weighted by Gasteiger charge is 2.20. The van der Waals surface area contributed by atoms with Gasteiger partial charge in [0.25, 0.3) is 0 Å². The number of halogens is 1. The highest BCUT2D eigenvalue weighted by molar-refractivity contribution is 6.34. The number of carbonyl (C=O) groups excluding carboxylic acids is 1. The average Bonchev–Trinajstić information content (AvgIpc) is 2.96. The monoisotopic (exact) mass is 311 g/mol. The quantitative estimate of drug-likeness (QED) is 0.667. The third-order valence-corrected chi connectivity index (χ3v) is 4.11. The van der Waals surface area contributed by atoms with E-state index in [9.17, 15) is 4.79 Å². The Balaban J connectivity index is 2.17. The van der Waals surface area contributed by atoms with Crippen LogP contribution in [0.25, 0.3) is 0 Å². The molecule has 0 amide bonds. The molecule has 0 aromatic heterocycles. The van der Waals surface area contributed by atoms with Crippen LogP contribution in [0.1, 0.15) is 23.2 Å². The van der Waals surface area contributed by atoms with Crippen molar-refractivity contribution in [3.63, 3.8) is 0 Å². The van der Waals surface area contributed by atoms with Crippen molar-refractivity contribution in [3.8, 4) is 0 Å². The molecule has 0 unspecified atom stereocenters. The van der Waals surface area contributed by atoms with E-state index in [-0.39, 0.29) is 0 Å². The van der Waals surface area contributed by atoms with Crippen molar-refractivity contribution in [1.82, 2.24) is 4.90 Å². The summed E-state index contributed by atoms with van der Waals surface area (Å²) in [6.45, 7) is 4.05. The molecule has 1 fully saturated rings. The van der Waals surface area contributed by atoms with E-state index in [1.807, 2.05) is 11.9 Å². The van der Waals surface area contributed by atoms with Gasteiger partial charge >= 0.3 is 5.97 Å². The van der Waals surface area contributed by atoms with E-state index in [0.29, 0.717) is 22.0 Å². The number of ether oxygens (including phenoxy) is 1. The molecule has 2 rings (SSSR count). The number of nitrogens with zero attached hydrogens (tertiary/aromatic N) is 2. The summed E-state index contributed by atoms with van der Waals surface area (Å²) in [7, 11) is 3.29. The van der Waals surface area contributed by atoms with Crippen LogP contribution >= 0.6 is 11.6 Å². The lowest BCUT2D eigenvalue weighted by atomic mass is 10.1. The first-order valence-corrected chi connectivity index (χ1v) is 7.51. The standard InChI is InChI=1S/C15H22ClN3O2/c1-18(7-8-19-5-3-4-6-19)14-12(15(20)21-2)9-11(17)10-13(14)16/h9-10H,3-8,17H2,1-2H3. The van der Waals surface area contributed by atoms with Crippen LogP contribution in [0.5, 0.6) is 0 Å². The molecule has 1 aliphatic rings. The molecule has 1 heterocycles. The Hall–Kier alpha value is -1.46. The van der Waals surface area contributed by atoms with Crippen molar-refractivity contribution in [3.05, 3.63) is 22.7 Å². The van der Waals surface area contributed by atoms with Crippen LogP contribution in [0, 0.1) is 0 Å². The Kier molecular flexibility index (Phi) is 5.31. The summed E-state index contributed by atoms with van der Waals surface area (Å²) in [5.41, 5.74) is 7.32. The summed E-state index contributed by atoms with van der Waals surface area (Å²) in [5, 5.41) is 0.472. The molecule has 1 aliphatic heterocycles. The molecule has 6 heteroatoms. The largest absolute Gasteiger partial charge is 0.465 e.